The Morgan fingerprint density at radius 1 is 0.657 bits per heavy atom. The van der Waals surface area contributed by atoms with Crippen LogP contribution in [-0.4, -0.2) is 19.8 Å². The number of hydrogen-bond donors (Lipinski definition) is 1. The third kappa shape index (κ3) is 3.94. The molecule has 0 saturated heterocycles. The van der Waals surface area contributed by atoms with E-state index >= 15 is 0 Å². The minimum absolute atomic E-state index is 0.364. The van der Waals surface area contributed by atoms with Crippen LogP contribution >= 0.6 is 11.7 Å². The Kier molecular flexibility index (Phi) is 5.27. The van der Waals surface area contributed by atoms with E-state index in [2.05, 4.69) is 57.3 Å². The van der Waals surface area contributed by atoms with Gasteiger partial charge in [0.1, 0.15) is 16.4 Å². The average Bonchev–Trinajstić information content (AvgIpc) is 3.36. The molecule has 0 aliphatic rings. The van der Waals surface area contributed by atoms with E-state index in [0.717, 1.165) is 61.0 Å². The smallest absolute Gasteiger partial charge is 0.314 e. The van der Waals surface area contributed by atoms with Crippen molar-refractivity contribution in [3.05, 3.63) is 120 Å². The van der Waals surface area contributed by atoms with Gasteiger partial charge < -0.3 is 5.11 Å². The van der Waals surface area contributed by atoms with Gasteiger partial charge in [0.15, 0.2) is 0 Å². The molecule has 1 aromatic heterocycles. The van der Waals surface area contributed by atoms with E-state index in [4.69, 9.17) is 0 Å². The van der Waals surface area contributed by atoms with E-state index < -0.39 is 11.4 Å². The normalized spacial score (nSPS) is 11.9. The second kappa shape index (κ2) is 8.60. The molecule has 35 heavy (non-hydrogen) atoms. The van der Waals surface area contributed by atoms with Crippen LogP contribution in [0.25, 0.3) is 32.6 Å². The molecule has 5 heteroatoms. The maximum Gasteiger partial charge on any atom is 0.314 e. The molecule has 6 rings (SSSR count). The number of rotatable bonds is 6. The molecule has 170 valence electrons. The second-order valence-electron chi connectivity index (χ2n) is 9.07. The number of aromatic nitrogens is 2. The molecule has 0 atom stereocenters. The van der Waals surface area contributed by atoms with Crippen LogP contribution in [-0.2, 0) is 23.1 Å². The topological polar surface area (TPSA) is 63.1 Å². The molecular weight excluding hydrogens is 452 g/mol. The summed E-state index contributed by atoms with van der Waals surface area (Å²) in [6.45, 7) is 0. The summed E-state index contributed by atoms with van der Waals surface area (Å²) in [6, 6.07) is 34.5. The van der Waals surface area contributed by atoms with Crippen LogP contribution in [0.3, 0.4) is 0 Å². The Morgan fingerprint density at radius 3 is 1.77 bits per heavy atom. The molecule has 4 nitrogen and oxygen atoms in total. The molecule has 0 saturated carbocycles. The Bertz CT molecular complexity index is 1620. The number of nitrogens with zero attached hydrogens (tertiary/aromatic N) is 2. The Hall–Kier alpha value is -4.09. The Balaban J connectivity index is 1.51. The summed E-state index contributed by atoms with van der Waals surface area (Å²) in [5.41, 5.74) is 3.07. The van der Waals surface area contributed by atoms with Gasteiger partial charge in [-0.3, -0.25) is 4.79 Å². The molecule has 5 aromatic carbocycles. The van der Waals surface area contributed by atoms with Crippen molar-refractivity contribution < 1.29 is 9.90 Å². The predicted octanol–water partition coefficient (Wildman–Crippen LogP) is 6.81. The zero-order chi connectivity index (χ0) is 23.8. The standard InChI is InChI=1S/C30H22N2O2S/c33-29(34)30(26-13-14-27-28(17-26)32-35-31-27,18-20-9-11-22-5-1-3-7-24(22)15-20)19-21-10-12-23-6-2-4-8-25(23)16-21/h1-17H,18-19H2,(H,33,34). The lowest BCUT2D eigenvalue weighted by atomic mass is 9.71. The molecular formula is C30H22N2O2S. The van der Waals surface area contributed by atoms with E-state index in [-0.39, 0.29) is 0 Å². The van der Waals surface area contributed by atoms with Crippen molar-refractivity contribution in [1.29, 1.82) is 0 Å². The van der Waals surface area contributed by atoms with E-state index in [1.807, 2.05) is 54.6 Å². The summed E-state index contributed by atoms with van der Waals surface area (Å²) < 4.78 is 8.69. The molecule has 0 amide bonds. The zero-order valence-corrected chi connectivity index (χ0v) is 19.7. The van der Waals surface area contributed by atoms with Crippen molar-refractivity contribution in [3.63, 3.8) is 0 Å². The lowest BCUT2D eigenvalue weighted by Crippen LogP contribution is -2.40. The summed E-state index contributed by atoms with van der Waals surface area (Å²) in [4.78, 5) is 13.2. The van der Waals surface area contributed by atoms with Gasteiger partial charge >= 0.3 is 5.97 Å². The van der Waals surface area contributed by atoms with Crippen molar-refractivity contribution in [2.75, 3.05) is 0 Å². The van der Waals surface area contributed by atoms with Crippen LogP contribution in [0, 0.1) is 0 Å². The summed E-state index contributed by atoms with van der Waals surface area (Å²) in [5, 5.41) is 15.3. The minimum Gasteiger partial charge on any atom is -0.481 e. The predicted molar refractivity (Wildman–Crippen MR) is 142 cm³/mol. The lowest BCUT2D eigenvalue weighted by molar-refractivity contribution is -0.143. The summed E-state index contributed by atoms with van der Waals surface area (Å²) in [7, 11) is 0. The third-order valence-corrected chi connectivity index (χ3v) is 7.41. The third-order valence-electron chi connectivity index (χ3n) is 6.86. The summed E-state index contributed by atoms with van der Waals surface area (Å²) in [6.07, 6.45) is 0.728. The highest BCUT2D eigenvalue weighted by Gasteiger charge is 2.41. The first-order chi connectivity index (χ1) is 17.1. The van der Waals surface area contributed by atoms with Crippen molar-refractivity contribution in [1.82, 2.24) is 8.75 Å². The monoisotopic (exact) mass is 474 g/mol. The van der Waals surface area contributed by atoms with Crippen molar-refractivity contribution in [3.8, 4) is 0 Å². The molecule has 1 N–H and O–H groups in total. The highest BCUT2D eigenvalue weighted by molar-refractivity contribution is 7.00. The maximum absolute atomic E-state index is 13.2. The van der Waals surface area contributed by atoms with E-state index in [1.54, 1.807) is 0 Å². The molecule has 0 fully saturated rings. The molecule has 0 bridgehead atoms. The first-order valence-corrected chi connectivity index (χ1v) is 12.3. The van der Waals surface area contributed by atoms with Crippen molar-refractivity contribution in [2.45, 2.75) is 18.3 Å². The number of benzene rings is 5. The minimum atomic E-state index is -1.16. The van der Waals surface area contributed by atoms with E-state index in [9.17, 15) is 9.90 Å². The number of hydrogen-bond acceptors (Lipinski definition) is 4. The van der Waals surface area contributed by atoms with Crippen molar-refractivity contribution in [2.24, 2.45) is 0 Å². The van der Waals surface area contributed by atoms with Crippen LogP contribution < -0.4 is 0 Å². The van der Waals surface area contributed by atoms with Gasteiger partial charge in [-0.2, -0.15) is 8.75 Å². The molecule has 6 aromatic rings. The number of fused-ring (bicyclic) bond motifs is 3. The van der Waals surface area contributed by atoms with E-state index in [0.29, 0.717) is 12.8 Å². The molecule has 0 aliphatic heterocycles. The molecule has 0 radical (unpaired) electrons. The Morgan fingerprint density at radius 2 is 1.20 bits per heavy atom. The van der Waals surface area contributed by atoms with Gasteiger partial charge in [-0.25, -0.2) is 0 Å². The number of carbonyl (C=O) groups is 1. The zero-order valence-electron chi connectivity index (χ0n) is 18.9. The first kappa shape index (κ1) is 21.4. The highest BCUT2D eigenvalue weighted by Crippen LogP contribution is 2.36. The highest BCUT2D eigenvalue weighted by atomic mass is 32.1. The van der Waals surface area contributed by atoms with Gasteiger partial charge in [0.2, 0.25) is 0 Å². The van der Waals surface area contributed by atoms with Crippen LogP contribution in [0.4, 0.5) is 0 Å². The van der Waals surface area contributed by atoms with Gasteiger partial charge in [-0.05, 0) is 63.2 Å². The van der Waals surface area contributed by atoms with Gasteiger partial charge in [0.05, 0.1) is 11.7 Å². The lowest BCUT2D eigenvalue weighted by Gasteiger charge is -2.31. The number of aliphatic carboxylic acids is 1. The van der Waals surface area contributed by atoms with E-state index in [1.165, 1.54) is 0 Å². The molecule has 0 aliphatic carbocycles. The largest absolute Gasteiger partial charge is 0.481 e. The fourth-order valence-corrected chi connectivity index (χ4v) is 5.53. The summed E-state index contributed by atoms with van der Waals surface area (Å²) >= 11 is 1.14. The number of carboxylic acids is 1. The summed E-state index contributed by atoms with van der Waals surface area (Å²) in [5.74, 6) is -0.846. The molecule has 1 heterocycles. The van der Waals surface area contributed by atoms with Crippen LogP contribution in [0.15, 0.2) is 103 Å². The van der Waals surface area contributed by atoms with Gasteiger partial charge in [-0.1, -0.05) is 91.0 Å². The van der Waals surface area contributed by atoms with Gasteiger partial charge in [0, 0.05) is 0 Å². The number of carboxylic acid groups (broad SMARTS) is 1. The van der Waals surface area contributed by atoms with Crippen LogP contribution in [0.1, 0.15) is 16.7 Å². The quantitative estimate of drug-likeness (QED) is 0.288. The maximum atomic E-state index is 13.2. The molecule has 0 spiro atoms. The molecule has 0 unspecified atom stereocenters. The first-order valence-electron chi connectivity index (χ1n) is 11.5. The van der Waals surface area contributed by atoms with Crippen LogP contribution in [0.5, 0.6) is 0 Å². The second-order valence-corrected chi connectivity index (χ2v) is 9.60. The van der Waals surface area contributed by atoms with Crippen molar-refractivity contribution >= 4 is 50.3 Å². The Labute approximate surface area is 206 Å². The fourth-order valence-electron chi connectivity index (χ4n) is 5.02. The fraction of sp³-hybridized carbons (Fsp3) is 0.100. The van der Waals surface area contributed by atoms with Gasteiger partial charge in [-0.15, -0.1) is 0 Å². The van der Waals surface area contributed by atoms with Gasteiger partial charge in [0.25, 0.3) is 0 Å². The SMILES string of the molecule is O=C(O)C(Cc1ccc2ccccc2c1)(Cc1ccc2ccccc2c1)c1ccc2nsnc2c1. The van der Waals surface area contributed by atoms with Crippen LogP contribution in [0.2, 0.25) is 0 Å². The average molecular weight is 475 g/mol.